The first-order valence-corrected chi connectivity index (χ1v) is 10.1. The Kier molecular flexibility index (Phi) is 6.76. The summed E-state index contributed by atoms with van der Waals surface area (Å²) in [5, 5.41) is 12.6. The first kappa shape index (κ1) is 21.4. The van der Waals surface area contributed by atoms with Gasteiger partial charge in [0, 0.05) is 12.2 Å². The van der Waals surface area contributed by atoms with E-state index in [2.05, 4.69) is 42.6 Å². The molecule has 3 rings (SSSR count). The number of aryl methyl sites for hydroxylation is 1. The number of likely N-dealkylation sites (N-methyl/N-ethyl adjacent to an activating group) is 1. The molecule has 0 saturated heterocycles. The SMILES string of the molecule is CCc1ccc(CN(C)CC(=O)Nc2c(C#N)c(C)c(C)n2Cc2ccco2)cc1. The smallest absolute Gasteiger partial charge is 0.239 e. The molecule has 30 heavy (non-hydrogen) atoms. The van der Waals surface area contributed by atoms with Gasteiger partial charge in [0.05, 0.1) is 24.9 Å². The van der Waals surface area contributed by atoms with E-state index in [0.29, 0.717) is 24.5 Å². The van der Waals surface area contributed by atoms with Crippen molar-refractivity contribution in [2.75, 3.05) is 18.9 Å². The summed E-state index contributed by atoms with van der Waals surface area (Å²) in [5.41, 5.74) is 4.75. The third-order valence-electron chi connectivity index (χ3n) is 5.39. The molecule has 0 unspecified atom stereocenters. The summed E-state index contributed by atoms with van der Waals surface area (Å²) in [4.78, 5) is 14.7. The van der Waals surface area contributed by atoms with Crippen LogP contribution in [0.15, 0.2) is 47.1 Å². The third kappa shape index (κ3) is 4.81. The summed E-state index contributed by atoms with van der Waals surface area (Å²) >= 11 is 0. The zero-order valence-electron chi connectivity index (χ0n) is 18.0. The average Bonchev–Trinajstić information content (AvgIpc) is 3.31. The van der Waals surface area contributed by atoms with E-state index in [1.807, 2.05) is 42.5 Å². The van der Waals surface area contributed by atoms with Gasteiger partial charge in [-0.1, -0.05) is 31.2 Å². The van der Waals surface area contributed by atoms with E-state index in [1.54, 1.807) is 6.26 Å². The van der Waals surface area contributed by atoms with Crippen molar-refractivity contribution in [3.8, 4) is 6.07 Å². The first-order chi connectivity index (χ1) is 14.4. The van der Waals surface area contributed by atoms with Gasteiger partial charge in [-0.25, -0.2) is 0 Å². The molecule has 3 aromatic rings. The minimum atomic E-state index is -0.155. The number of hydrogen-bond donors (Lipinski definition) is 1. The Morgan fingerprint density at radius 1 is 1.20 bits per heavy atom. The summed E-state index contributed by atoms with van der Waals surface area (Å²) in [5.74, 6) is 1.13. The van der Waals surface area contributed by atoms with Gasteiger partial charge in [0.25, 0.3) is 0 Å². The van der Waals surface area contributed by atoms with Crippen molar-refractivity contribution in [3.63, 3.8) is 0 Å². The van der Waals surface area contributed by atoms with Crippen LogP contribution in [0, 0.1) is 25.2 Å². The molecule has 0 aliphatic carbocycles. The van der Waals surface area contributed by atoms with Crippen LogP contribution < -0.4 is 5.32 Å². The Balaban J connectivity index is 1.72. The fourth-order valence-corrected chi connectivity index (χ4v) is 3.55. The molecular formula is C24H28N4O2. The predicted octanol–water partition coefficient (Wildman–Crippen LogP) is 4.25. The number of carbonyl (C=O) groups is 1. The van der Waals surface area contributed by atoms with E-state index in [4.69, 9.17) is 4.42 Å². The maximum absolute atomic E-state index is 12.8. The number of furan rings is 1. The lowest BCUT2D eigenvalue weighted by Crippen LogP contribution is -2.30. The standard InChI is InChI=1S/C24H28N4O2/c1-5-19-8-10-20(11-9-19)14-27(4)16-23(29)26-24-22(13-25)17(2)18(3)28(24)15-21-7-6-12-30-21/h6-12H,5,14-16H2,1-4H3,(H,26,29). The molecule has 0 aliphatic rings. The normalized spacial score (nSPS) is 10.9. The van der Waals surface area contributed by atoms with Gasteiger partial charge in [-0.3, -0.25) is 9.69 Å². The highest BCUT2D eigenvalue weighted by Gasteiger charge is 2.20. The van der Waals surface area contributed by atoms with Crippen molar-refractivity contribution in [3.05, 3.63) is 76.4 Å². The van der Waals surface area contributed by atoms with Gasteiger partial charge in [0.1, 0.15) is 17.6 Å². The van der Waals surface area contributed by atoms with Crippen molar-refractivity contribution < 1.29 is 9.21 Å². The fourth-order valence-electron chi connectivity index (χ4n) is 3.55. The lowest BCUT2D eigenvalue weighted by molar-refractivity contribution is -0.117. The molecule has 6 heteroatoms. The highest BCUT2D eigenvalue weighted by Crippen LogP contribution is 2.27. The summed E-state index contributed by atoms with van der Waals surface area (Å²) in [6, 6.07) is 14.4. The quantitative estimate of drug-likeness (QED) is 0.609. The molecule has 1 amide bonds. The fraction of sp³-hybridized carbons (Fsp3) is 0.333. The zero-order valence-corrected chi connectivity index (χ0v) is 18.0. The largest absolute Gasteiger partial charge is 0.467 e. The number of benzene rings is 1. The van der Waals surface area contributed by atoms with Crippen LogP contribution in [0.5, 0.6) is 0 Å². The molecule has 1 N–H and O–H groups in total. The zero-order chi connectivity index (χ0) is 21.7. The molecule has 6 nitrogen and oxygen atoms in total. The number of hydrogen-bond acceptors (Lipinski definition) is 4. The lowest BCUT2D eigenvalue weighted by atomic mass is 10.1. The van der Waals surface area contributed by atoms with Crippen molar-refractivity contribution >= 4 is 11.7 Å². The monoisotopic (exact) mass is 404 g/mol. The van der Waals surface area contributed by atoms with E-state index in [1.165, 1.54) is 5.56 Å². The maximum Gasteiger partial charge on any atom is 0.239 e. The Labute approximate surface area is 177 Å². The van der Waals surface area contributed by atoms with E-state index in [-0.39, 0.29) is 12.5 Å². The minimum Gasteiger partial charge on any atom is -0.467 e. The van der Waals surface area contributed by atoms with Crippen LogP contribution in [-0.4, -0.2) is 29.0 Å². The summed E-state index contributed by atoms with van der Waals surface area (Å²) in [6.07, 6.45) is 2.63. The Hall–Kier alpha value is -3.30. The third-order valence-corrected chi connectivity index (χ3v) is 5.39. The molecule has 2 heterocycles. The highest BCUT2D eigenvalue weighted by molar-refractivity contribution is 5.93. The van der Waals surface area contributed by atoms with Crippen molar-refractivity contribution in [2.45, 2.75) is 40.3 Å². The van der Waals surface area contributed by atoms with Crippen LogP contribution in [0.25, 0.3) is 0 Å². The summed E-state index contributed by atoms with van der Waals surface area (Å²) in [6.45, 7) is 7.33. The Morgan fingerprint density at radius 2 is 1.90 bits per heavy atom. The van der Waals surface area contributed by atoms with Crippen LogP contribution in [0.3, 0.4) is 0 Å². The molecule has 0 spiro atoms. The molecule has 0 saturated carbocycles. The highest BCUT2D eigenvalue weighted by atomic mass is 16.3. The van der Waals surface area contributed by atoms with Crippen LogP contribution in [0.1, 0.15) is 40.6 Å². The second kappa shape index (κ2) is 9.47. The van der Waals surface area contributed by atoms with Gasteiger partial charge in [-0.15, -0.1) is 0 Å². The van der Waals surface area contributed by atoms with E-state index < -0.39 is 0 Å². The molecular weight excluding hydrogens is 376 g/mol. The molecule has 0 atom stereocenters. The number of nitrogens with zero attached hydrogens (tertiary/aromatic N) is 3. The van der Waals surface area contributed by atoms with Crippen LogP contribution in [-0.2, 0) is 24.3 Å². The number of aromatic nitrogens is 1. The number of carbonyl (C=O) groups excluding carboxylic acids is 1. The lowest BCUT2D eigenvalue weighted by Gasteiger charge is -2.18. The van der Waals surface area contributed by atoms with Gasteiger partial charge in [0.15, 0.2) is 0 Å². The van der Waals surface area contributed by atoms with Gasteiger partial charge in [-0.05, 0) is 56.1 Å². The van der Waals surface area contributed by atoms with Crippen LogP contribution >= 0.6 is 0 Å². The maximum atomic E-state index is 12.8. The molecule has 156 valence electrons. The topological polar surface area (TPSA) is 74.2 Å². The molecule has 1 aromatic carbocycles. The van der Waals surface area contributed by atoms with Gasteiger partial charge in [-0.2, -0.15) is 5.26 Å². The number of rotatable bonds is 8. The number of nitrogens with one attached hydrogen (secondary N) is 1. The second-order valence-electron chi connectivity index (χ2n) is 7.60. The molecule has 0 fully saturated rings. The van der Waals surface area contributed by atoms with Crippen molar-refractivity contribution in [1.82, 2.24) is 9.47 Å². The first-order valence-electron chi connectivity index (χ1n) is 10.1. The average molecular weight is 405 g/mol. The molecule has 0 bridgehead atoms. The van der Waals surface area contributed by atoms with Gasteiger partial charge in [0.2, 0.25) is 5.91 Å². The minimum absolute atomic E-state index is 0.155. The van der Waals surface area contributed by atoms with E-state index in [0.717, 1.165) is 29.0 Å². The van der Waals surface area contributed by atoms with Gasteiger partial charge < -0.3 is 14.3 Å². The van der Waals surface area contributed by atoms with Crippen LogP contribution in [0.4, 0.5) is 5.82 Å². The van der Waals surface area contributed by atoms with Crippen molar-refractivity contribution in [2.24, 2.45) is 0 Å². The number of amides is 1. The molecule has 2 aromatic heterocycles. The van der Waals surface area contributed by atoms with E-state index in [9.17, 15) is 10.1 Å². The molecule has 0 radical (unpaired) electrons. The molecule has 0 aliphatic heterocycles. The van der Waals surface area contributed by atoms with Gasteiger partial charge >= 0.3 is 0 Å². The van der Waals surface area contributed by atoms with Crippen LogP contribution in [0.2, 0.25) is 0 Å². The number of anilines is 1. The summed E-state index contributed by atoms with van der Waals surface area (Å²) < 4.78 is 7.38. The summed E-state index contributed by atoms with van der Waals surface area (Å²) in [7, 11) is 1.91. The van der Waals surface area contributed by atoms with E-state index >= 15 is 0 Å². The Bertz CT molecular complexity index is 1040. The van der Waals surface area contributed by atoms with Crippen molar-refractivity contribution in [1.29, 1.82) is 5.26 Å². The second-order valence-corrected chi connectivity index (χ2v) is 7.60. The predicted molar refractivity (Wildman–Crippen MR) is 117 cm³/mol. The number of nitriles is 1. The Morgan fingerprint density at radius 3 is 2.50 bits per heavy atom.